The van der Waals surface area contributed by atoms with Gasteiger partial charge in [0, 0.05) is 6.26 Å². The summed E-state index contributed by atoms with van der Waals surface area (Å²) in [6.45, 7) is 4.27. The van der Waals surface area contributed by atoms with Crippen molar-refractivity contribution in [1.29, 1.82) is 0 Å². The minimum atomic E-state index is -3.06. The van der Waals surface area contributed by atoms with Crippen LogP contribution in [-0.2, 0) is 22.8 Å². The van der Waals surface area contributed by atoms with E-state index in [1.54, 1.807) is 0 Å². The number of aromatic nitrogens is 2. The first-order chi connectivity index (χ1) is 7.70. The summed E-state index contributed by atoms with van der Waals surface area (Å²) in [5.74, 6) is 0.383. The molecule has 17 heavy (non-hydrogen) atoms. The fourth-order valence-corrected chi connectivity index (χ4v) is 2.45. The van der Waals surface area contributed by atoms with E-state index in [0.717, 1.165) is 18.4 Å². The number of aryl methyl sites for hydroxylation is 1. The first kappa shape index (κ1) is 14.5. The largest absolute Gasteiger partial charge is 0.298 e. The van der Waals surface area contributed by atoms with Crippen LogP contribution in [0.4, 0.5) is 0 Å². The zero-order chi connectivity index (χ0) is 13.2. The number of sulfone groups is 1. The fraction of sp³-hybridized carbons (Fsp3) is 0.700. The number of hydrogen-bond acceptors (Lipinski definition) is 3. The monoisotopic (exact) mass is 324 g/mol. The van der Waals surface area contributed by atoms with Crippen molar-refractivity contribution >= 4 is 25.8 Å². The van der Waals surface area contributed by atoms with Crippen molar-refractivity contribution < 1.29 is 8.42 Å². The van der Waals surface area contributed by atoms with Gasteiger partial charge in [-0.15, -0.1) is 0 Å². The van der Waals surface area contributed by atoms with E-state index in [4.69, 9.17) is 0 Å². The lowest BCUT2D eigenvalue weighted by atomic mass is 10.1. The molecule has 0 saturated heterocycles. The molecule has 0 amide bonds. The van der Waals surface area contributed by atoms with Crippen molar-refractivity contribution in [2.24, 2.45) is 5.92 Å². The second kappa shape index (κ2) is 5.39. The molecule has 98 valence electrons. The summed E-state index contributed by atoms with van der Waals surface area (Å²) in [5, 5.41) is 2.95. The van der Waals surface area contributed by atoms with Crippen LogP contribution in [0.25, 0.3) is 0 Å². The average molecular weight is 325 g/mol. The molecule has 1 aromatic rings. The molecular weight excluding hydrogens is 308 g/mol. The zero-order valence-corrected chi connectivity index (χ0v) is 12.6. The number of halogens is 1. The molecule has 1 rings (SSSR count). The Morgan fingerprint density at radius 2 is 2.00 bits per heavy atom. The van der Waals surface area contributed by atoms with Crippen LogP contribution in [0.1, 0.15) is 19.5 Å². The van der Waals surface area contributed by atoms with E-state index < -0.39 is 9.84 Å². The molecular formula is C10H17BrN2O3S. The van der Waals surface area contributed by atoms with Crippen molar-refractivity contribution in [2.45, 2.75) is 26.8 Å². The molecule has 1 heterocycles. The van der Waals surface area contributed by atoms with Crippen molar-refractivity contribution in [3.05, 3.63) is 20.5 Å². The van der Waals surface area contributed by atoms with Crippen molar-refractivity contribution in [2.75, 3.05) is 12.0 Å². The van der Waals surface area contributed by atoms with Crippen LogP contribution in [0, 0.1) is 5.92 Å². The van der Waals surface area contributed by atoms with E-state index in [0.29, 0.717) is 10.4 Å². The van der Waals surface area contributed by atoms with Gasteiger partial charge in [0.25, 0.3) is 5.56 Å². The lowest BCUT2D eigenvalue weighted by Gasteiger charge is -2.03. The summed E-state index contributed by atoms with van der Waals surface area (Å²) in [5.41, 5.74) is 0.614. The van der Waals surface area contributed by atoms with Gasteiger partial charge in [-0.05, 0) is 28.3 Å². The molecule has 0 aliphatic heterocycles. The van der Waals surface area contributed by atoms with Gasteiger partial charge >= 0.3 is 0 Å². The Balaban J connectivity index is 2.92. The first-order valence-corrected chi connectivity index (χ1v) is 8.21. The van der Waals surface area contributed by atoms with Gasteiger partial charge in [-0.25, -0.2) is 8.42 Å². The third-order valence-corrected chi connectivity index (χ3v) is 4.01. The van der Waals surface area contributed by atoms with Crippen LogP contribution in [0.2, 0.25) is 0 Å². The molecule has 7 heteroatoms. The van der Waals surface area contributed by atoms with Crippen LogP contribution >= 0.6 is 15.9 Å². The molecule has 0 fully saturated rings. The number of H-pyrrole nitrogens is 1. The molecule has 0 aromatic carbocycles. The van der Waals surface area contributed by atoms with Crippen LogP contribution in [0.15, 0.2) is 9.27 Å². The number of hydrogen-bond donors (Lipinski definition) is 1. The Labute approximate surface area is 109 Å². The summed E-state index contributed by atoms with van der Waals surface area (Å²) in [6.07, 6.45) is 1.91. The van der Waals surface area contributed by atoms with Gasteiger partial charge in [-0.2, -0.15) is 0 Å². The highest BCUT2D eigenvalue weighted by atomic mass is 79.9. The predicted octanol–water partition coefficient (Wildman–Crippen LogP) is 1.18. The topological polar surface area (TPSA) is 71.9 Å². The van der Waals surface area contributed by atoms with Crippen molar-refractivity contribution in [3.63, 3.8) is 0 Å². The molecule has 1 N–H and O–H groups in total. The Morgan fingerprint density at radius 1 is 1.41 bits per heavy atom. The van der Waals surface area contributed by atoms with Gasteiger partial charge in [0.1, 0.15) is 14.3 Å². The third kappa shape index (κ3) is 4.31. The first-order valence-electron chi connectivity index (χ1n) is 5.35. The second-order valence-corrected chi connectivity index (χ2v) is 7.64. The number of nitrogens with zero attached hydrogens (tertiary/aromatic N) is 1. The summed E-state index contributed by atoms with van der Waals surface area (Å²) in [4.78, 5) is 11.8. The fourth-order valence-electron chi connectivity index (χ4n) is 1.47. The van der Waals surface area contributed by atoms with Crippen molar-refractivity contribution in [1.82, 2.24) is 9.78 Å². The normalized spacial score (nSPS) is 12.3. The van der Waals surface area contributed by atoms with E-state index in [2.05, 4.69) is 34.9 Å². The Morgan fingerprint density at radius 3 is 2.47 bits per heavy atom. The maximum atomic E-state index is 11.8. The molecule has 0 aliphatic carbocycles. The highest BCUT2D eigenvalue weighted by Crippen LogP contribution is 2.14. The summed E-state index contributed by atoms with van der Waals surface area (Å²) in [7, 11) is -3.06. The smallest absolute Gasteiger partial charge is 0.281 e. The molecule has 0 saturated carbocycles. The molecule has 0 aliphatic rings. The van der Waals surface area contributed by atoms with E-state index in [1.165, 1.54) is 4.68 Å². The van der Waals surface area contributed by atoms with Gasteiger partial charge in [0.15, 0.2) is 0 Å². The van der Waals surface area contributed by atoms with E-state index >= 15 is 0 Å². The Kier molecular flexibility index (Phi) is 4.60. The maximum absolute atomic E-state index is 11.8. The van der Waals surface area contributed by atoms with Gasteiger partial charge in [0.2, 0.25) is 0 Å². The molecule has 0 atom stereocenters. The van der Waals surface area contributed by atoms with Crippen LogP contribution in [0.3, 0.4) is 0 Å². The van der Waals surface area contributed by atoms with E-state index in [-0.39, 0.29) is 17.9 Å². The van der Waals surface area contributed by atoms with Crippen molar-refractivity contribution in [3.8, 4) is 0 Å². The van der Waals surface area contributed by atoms with Crippen LogP contribution < -0.4 is 5.56 Å². The lowest BCUT2D eigenvalue weighted by Crippen LogP contribution is -2.21. The quantitative estimate of drug-likeness (QED) is 0.884. The Hall–Kier alpha value is -0.560. The van der Waals surface area contributed by atoms with Gasteiger partial charge in [-0.1, -0.05) is 13.8 Å². The maximum Gasteiger partial charge on any atom is 0.281 e. The molecule has 0 radical (unpaired) electrons. The number of aromatic amines is 1. The van der Waals surface area contributed by atoms with Crippen LogP contribution in [-0.4, -0.2) is 30.2 Å². The van der Waals surface area contributed by atoms with Gasteiger partial charge < -0.3 is 0 Å². The number of rotatable bonds is 5. The zero-order valence-electron chi connectivity index (χ0n) is 10.2. The van der Waals surface area contributed by atoms with Gasteiger partial charge in [0.05, 0.1) is 18.0 Å². The standard InChI is InChI=1S/C10H17BrN2O3S/c1-7(2)6-8-9(11)10(14)13(12-8)4-5-17(3,15)16/h7,12H,4-6H2,1-3H3. The highest BCUT2D eigenvalue weighted by Gasteiger charge is 2.13. The minimum Gasteiger partial charge on any atom is -0.298 e. The molecule has 5 nitrogen and oxygen atoms in total. The molecule has 0 spiro atoms. The minimum absolute atomic E-state index is 0.0407. The highest BCUT2D eigenvalue weighted by molar-refractivity contribution is 9.10. The third-order valence-electron chi connectivity index (χ3n) is 2.27. The van der Waals surface area contributed by atoms with Crippen LogP contribution in [0.5, 0.6) is 0 Å². The second-order valence-electron chi connectivity index (χ2n) is 4.59. The summed E-state index contributed by atoms with van der Waals surface area (Å²) in [6, 6.07) is 0. The summed E-state index contributed by atoms with van der Waals surface area (Å²) >= 11 is 3.24. The predicted molar refractivity (Wildman–Crippen MR) is 71.0 cm³/mol. The molecule has 0 unspecified atom stereocenters. The molecule has 0 bridgehead atoms. The molecule has 1 aromatic heterocycles. The van der Waals surface area contributed by atoms with E-state index in [1.807, 2.05) is 0 Å². The summed E-state index contributed by atoms with van der Waals surface area (Å²) < 4.78 is 23.9. The Bertz CT molecular complexity index is 542. The number of nitrogens with one attached hydrogen (secondary N) is 1. The average Bonchev–Trinajstić information content (AvgIpc) is 2.41. The van der Waals surface area contributed by atoms with E-state index in [9.17, 15) is 13.2 Å². The lowest BCUT2D eigenvalue weighted by molar-refractivity contribution is 0.571. The SMILES string of the molecule is CC(C)Cc1[nH]n(CCS(C)(=O)=O)c(=O)c1Br. The van der Waals surface area contributed by atoms with Gasteiger partial charge in [-0.3, -0.25) is 14.6 Å².